The second-order valence-corrected chi connectivity index (χ2v) is 10.6. The molecule has 0 aliphatic heterocycles. The standard InChI is InChI=1S/C27H27N5O4S.ClH/c1-2-37(35,36)24-10-6-4-8-21(24)30-17-25(33)32-22-9-5-3-7-20(22)15-23(32)27(34)31-16-18-11-13-19(14-12-18)26(28)29;/h3-15,30H,2,16-17H2,1H3,(H3,28,29)(H,31,34);1H. The van der Waals surface area contributed by atoms with Crippen LogP contribution in [0.1, 0.15) is 33.3 Å². The van der Waals surface area contributed by atoms with E-state index in [1.807, 2.05) is 12.1 Å². The summed E-state index contributed by atoms with van der Waals surface area (Å²) in [5, 5.41) is 14.0. The van der Waals surface area contributed by atoms with Gasteiger partial charge in [-0.3, -0.25) is 19.6 Å². The second kappa shape index (κ2) is 11.9. The summed E-state index contributed by atoms with van der Waals surface area (Å²) in [5.41, 5.74) is 7.95. The van der Waals surface area contributed by atoms with Crippen LogP contribution in [0.3, 0.4) is 0 Å². The molecule has 1 aromatic heterocycles. The molecule has 1 heterocycles. The molecule has 0 radical (unpaired) electrons. The van der Waals surface area contributed by atoms with E-state index in [-0.39, 0.29) is 47.7 Å². The predicted molar refractivity (Wildman–Crippen MR) is 151 cm³/mol. The van der Waals surface area contributed by atoms with Crippen LogP contribution in [0.15, 0.2) is 83.8 Å². The predicted octanol–water partition coefficient (Wildman–Crippen LogP) is 3.82. The van der Waals surface area contributed by atoms with Crippen molar-refractivity contribution in [2.45, 2.75) is 18.4 Å². The number of halogens is 1. The molecule has 0 saturated heterocycles. The molecule has 0 spiro atoms. The van der Waals surface area contributed by atoms with Gasteiger partial charge in [0.25, 0.3) is 11.8 Å². The van der Waals surface area contributed by atoms with Gasteiger partial charge in [0, 0.05) is 17.5 Å². The zero-order chi connectivity index (χ0) is 26.6. The SMILES string of the molecule is CCS(=O)(=O)c1ccccc1NCC(=O)n1c(C(=O)NCc2ccc(C(=N)N)cc2)cc2ccccc21.Cl. The summed E-state index contributed by atoms with van der Waals surface area (Å²) < 4.78 is 26.2. The van der Waals surface area contributed by atoms with Crippen molar-refractivity contribution in [3.63, 3.8) is 0 Å². The highest BCUT2D eigenvalue weighted by Crippen LogP contribution is 2.23. The molecular formula is C27H28ClN5O4S. The Morgan fingerprint density at radius 1 is 0.974 bits per heavy atom. The van der Waals surface area contributed by atoms with Crippen LogP contribution in [0.25, 0.3) is 10.9 Å². The van der Waals surface area contributed by atoms with Crippen LogP contribution in [0.2, 0.25) is 0 Å². The van der Waals surface area contributed by atoms with Gasteiger partial charge in [-0.2, -0.15) is 0 Å². The third kappa shape index (κ3) is 6.04. The highest BCUT2D eigenvalue weighted by molar-refractivity contribution is 7.91. The monoisotopic (exact) mass is 553 g/mol. The Morgan fingerprint density at radius 2 is 1.63 bits per heavy atom. The van der Waals surface area contributed by atoms with Gasteiger partial charge in [0.2, 0.25) is 0 Å². The minimum absolute atomic E-state index is 0. The average molecular weight is 554 g/mol. The Kier molecular flexibility index (Phi) is 8.92. The fraction of sp³-hybridized carbons (Fsp3) is 0.148. The van der Waals surface area contributed by atoms with Crippen molar-refractivity contribution in [2.75, 3.05) is 17.6 Å². The van der Waals surface area contributed by atoms with E-state index in [4.69, 9.17) is 11.1 Å². The summed E-state index contributed by atoms with van der Waals surface area (Å²) in [6.45, 7) is 1.56. The molecule has 4 aromatic rings. The smallest absolute Gasteiger partial charge is 0.268 e. The van der Waals surface area contributed by atoms with Crippen molar-refractivity contribution in [2.24, 2.45) is 5.73 Å². The number of rotatable bonds is 9. The molecule has 0 aliphatic carbocycles. The Labute approximate surface area is 226 Å². The molecular weight excluding hydrogens is 526 g/mol. The third-order valence-electron chi connectivity index (χ3n) is 5.94. The minimum Gasteiger partial charge on any atom is -0.384 e. The number of nitrogens with two attached hydrogens (primary N) is 1. The zero-order valence-corrected chi connectivity index (χ0v) is 22.2. The number of carbonyl (C=O) groups excluding carboxylic acids is 2. The summed E-state index contributed by atoms with van der Waals surface area (Å²) in [5.74, 6) is -0.957. The lowest BCUT2D eigenvalue weighted by molar-refractivity contribution is 0.0886. The van der Waals surface area contributed by atoms with Crippen LogP contribution in [-0.4, -0.2) is 42.9 Å². The number of benzene rings is 3. The molecule has 198 valence electrons. The molecule has 0 bridgehead atoms. The van der Waals surface area contributed by atoms with Gasteiger partial charge in [0.05, 0.1) is 28.4 Å². The number of nitrogens with one attached hydrogen (secondary N) is 3. The number of nitrogen functional groups attached to an aromatic ring is 1. The first kappa shape index (κ1) is 28.4. The molecule has 0 fully saturated rings. The number of hydrogen-bond donors (Lipinski definition) is 4. The Bertz CT molecular complexity index is 1600. The molecule has 0 unspecified atom stereocenters. The third-order valence-corrected chi connectivity index (χ3v) is 7.73. The topological polar surface area (TPSA) is 147 Å². The molecule has 38 heavy (non-hydrogen) atoms. The van der Waals surface area contributed by atoms with Crippen LogP contribution < -0.4 is 16.4 Å². The Balaban J connectivity index is 0.00000400. The van der Waals surface area contributed by atoms with E-state index in [1.54, 1.807) is 67.6 Å². The lowest BCUT2D eigenvalue weighted by Gasteiger charge is -2.14. The normalized spacial score (nSPS) is 11.0. The van der Waals surface area contributed by atoms with Crippen molar-refractivity contribution in [1.29, 1.82) is 5.41 Å². The van der Waals surface area contributed by atoms with Gasteiger partial charge >= 0.3 is 0 Å². The maximum atomic E-state index is 13.4. The first-order chi connectivity index (χ1) is 17.7. The Hall–Kier alpha value is -4.15. The summed E-state index contributed by atoms with van der Waals surface area (Å²) in [4.78, 5) is 26.6. The van der Waals surface area contributed by atoms with Crippen LogP contribution in [-0.2, 0) is 16.4 Å². The van der Waals surface area contributed by atoms with Gasteiger partial charge in [0.15, 0.2) is 9.84 Å². The molecule has 11 heteroatoms. The highest BCUT2D eigenvalue weighted by Gasteiger charge is 2.21. The van der Waals surface area contributed by atoms with Gasteiger partial charge in [0.1, 0.15) is 11.5 Å². The van der Waals surface area contributed by atoms with E-state index in [9.17, 15) is 18.0 Å². The number of aromatic nitrogens is 1. The van der Waals surface area contributed by atoms with Crippen molar-refractivity contribution >= 4 is 56.5 Å². The summed E-state index contributed by atoms with van der Waals surface area (Å²) in [7, 11) is -3.49. The minimum atomic E-state index is -3.49. The molecule has 4 rings (SSSR count). The van der Waals surface area contributed by atoms with E-state index in [0.29, 0.717) is 16.8 Å². The van der Waals surface area contributed by atoms with Crippen molar-refractivity contribution in [1.82, 2.24) is 9.88 Å². The maximum Gasteiger partial charge on any atom is 0.268 e. The van der Waals surface area contributed by atoms with Gasteiger partial charge in [-0.05, 0) is 29.8 Å². The number of para-hydroxylation sites is 2. The average Bonchev–Trinajstić information content (AvgIpc) is 3.30. The van der Waals surface area contributed by atoms with Gasteiger partial charge in [-0.1, -0.05) is 61.5 Å². The highest BCUT2D eigenvalue weighted by atomic mass is 35.5. The van der Waals surface area contributed by atoms with Crippen LogP contribution in [0.4, 0.5) is 5.69 Å². The van der Waals surface area contributed by atoms with Crippen molar-refractivity contribution in [3.05, 3.63) is 95.7 Å². The van der Waals surface area contributed by atoms with Gasteiger partial charge in [-0.25, -0.2) is 8.42 Å². The number of sulfone groups is 1. The zero-order valence-electron chi connectivity index (χ0n) is 20.6. The van der Waals surface area contributed by atoms with Crippen molar-refractivity contribution < 1.29 is 18.0 Å². The van der Waals surface area contributed by atoms with E-state index < -0.39 is 21.7 Å². The first-order valence-electron chi connectivity index (χ1n) is 11.6. The summed E-state index contributed by atoms with van der Waals surface area (Å²) in [6, 6.07) is 22.2. The number of nitrogens with zero attached hydrogens (tertiary/aromatic N) is 1. The largest absolute Gasteiger partial charge is 0.384 e. The second-order valence-electron chi connectivity index (χ2n) is 8.36. The molecule has 0 atom stereocenters. The van der Waals surface area contributed by atoms with E-state index in [0.717, 1.165) is 10.9 Å². The van der Waals surface area contributed by atoms with Crippen molar-refractivity contribution in [3.8, 4) is 0 Å². The fourth-order valence-electron chi connectivity index (χ4n) is 3.95. The number of amides is 1. The van der Waals surface area contributed by atoms with E-state index in [1.165, 1.54) is 10.6 Å². The number of hydrogen-bond acceptors (Lipinski definition) is 6. The lowest BCUT2D eigenvalue weighted by Crippen LogP contribution is -2.30. The molecule has 5 N–H and O–H groups in total. The van der Waals surface area contributed by atoms with Gasteiger partial charge in [-0.15, -0.1) is 12.4 Å². The van der Waals surface area contributed by atoms with E-state index in [2.05, 4.69) is 10.6 Å². The van der Waals surface area contributed by atoms with Crippen LogP contribution in [0.5, 0.6) is 0 Å². The molecule has 0 saturated carbocycles. The first-order valence-corrected chi connectivity index (χ1v) is 13.3. The fourth-order valence-corrected chi connectivity index (χ4v) is 5.03. The molecule has 9 nitrogen and oxygen atoms in total. The number of carbonyl (C=O) groups is 2. The summed E-state index contributed by atoms with van der Waals surface area (Å²) in [6.07, 6.45) is 0. The molecule has 1 amide bonds. The molecule has 0 aliphatic rings. The number of anilines is 1. The number of amidine groups is 1. The maximum absolute atomic E-state index is 13.4. The lowest BCUT2D eigenvalue weighted by atomic mass is 10.1. The molecule has 3 aromatic carbocycles. The Morgan fingerprint density at radius 3 is 2.32 bits per heavy atom. The number of fused-ring (bicyclic) bond motifs is 1. The van der Waals surface area contributed by atoms with Crippen LogP contribution >= 0.6 is 12.4 Å². The summed E-state index contributed by atoms with van der Waals surface area (Å²) >= 11 is 0. The van der Waals surface area contributed by atoms with Crippen LogP contribution in [0, 0.1) is 5.41 Å². The van der Waals surface area contributed by atoms with E-state index >= 15 is 0 Å². The van der Waals surface area contributed by atoms with Gasteiger partial charge < -0.3 is 16.4 Å². The quantitative estimate of drug-likeness (QED) is 0.183.